The van der Waals surface area contributed by atoms with Gasteiger partial charge in [-0.1, -0.05) is 56.6 Å². The van der Waals surface area contributed by atoms with E-state index in [9.17, 15) is 4.79 Å². The molecule has 1 amide bonds. The van der Waals surface area contributed by atoms with Gasteiger partial charge < -0.3 is 5.32 Å². The van der Waals surface area contributed by atoms with E-state index in [4.69, 9.17) is 16.7 Å². The van der Waals surface area contributed by atoms with Gasteiger partial charge in [-0.3, -0.25) is 9.78 Å². The minimum Gasteiger partial charge on any atom is -0.350 e. The molecule has 0 radical (unpaired) electrons. The number of benzene rings is 1. The number of carbonyl (C=O) groups is 1. The average Bonchev–Trinajstić information content (AvgIpc) is 3.21. The van der Waals surface area contributed by atoms with Gasteiger partial charge in [0.1, 0.15) is 5.15 Å². The normalized spacial score (nSPS) is 12.7. The second kappa shape index (κ2) is 8.71. The Morgan fingerprint density at radius 2 is 1.94 bits per heavy atom. The number of nitrogens with one attached hydrogen (secondary N) is 1. The average molecular weight is 448 g/mol. The lowest BCUT2D eigenvalue weighted by molar-refractivity contribution is -0.122. The summed E-state index contributed by atoms with van der Waals surface area (Å²) in [5, 5.41) is 10.3. The van der Waals surface area contributed by atoms with E-state index < -0.39 is 0 Å². The van der Waals surface area contributed by atoms with Crippen LogP contribution in [0.3, 0.4) is 0 Å². The second-order valence-electron chi connectivity index (χ2n) is 8.88. The van der Waals surface area contributed by atoms with E-state index in [2.05, 4.69) is 36.1 Å². The van der Waals surface area contributed by atoms with Gasteiger partial charge >= 0.3 is 0 Å². The van der Waals surface area contributed by atoms with Crippen molar-refractivity contribution >= 4 is 28.3 Å². The van der Waals surface area contributed by atoms with E-state index in [-0.39, 0.29) is 17.2 Å². The summed E-state index contributed by atoms with van der Waals surface area (Å²) in [6.07, 6.45) is 3.56. The van der Waals surface area contributed by atoms with Crippen molar-refractivity contribution in [3.05, 3.63) is 83.0 Å². The third-order valence-electron chi connectivity index (χ3n) is 5.49. The Bertz CT molecular complexity index is 1270. The van der Waals surface area contributed by atoms with E-state index in [1.54, 1.807) is 16.9 Å². The molecular weight excluding hydrogens is 422 g/mol. The third kappa shape index (κ3) is 4.50. The Balaban J connectivity index is 1.60. The maximum absolute atomic E-state index is 13.1. The molecule has 4 aromatic rings. The zero-order valence-electron chi connectivity index (χ0n) is 18.6. The van der Waals surface area contributed by atoms with Crippen LogP contribution >= 0.6 is 11.6 Å². The molecule has 0 aliphatic rings. The van der Waals surface area contributed by atoms with Crippen molar-refractivity contribution in [1.82, 2.24) is 25.1 Å². The van der Waals surface area contributed by atoms with Crippen LogP contribution < -0.4 is 5.32 Å². The molecule has 32 heavy (non-hydrogen) atoms. The summed E-state index contributed by atoms with van der Waals surface area (Å²) < 4.78 is 1.75. The van der Waals surface area contributed by atoms with Gasteiger partial charge in [-0.15, -0.1) is 0 Å². The summed E-state index contributed by atoms with van der Waals surface area (Å²) in [7, 11) is 0. The first kappa shape index (κ1) is 22.0. The predicted octanol–water partition coefficient (Wildman–Crippen LogP) is 5.19. The number of rotatable bonds is 5. The van der Waals surface area contributed by atoms with Crippen molar-refractivity contribution in [2.24, 2.45) is 0 Å². The van der Waals surface area contributed by atoms with E-state index in [0.717, 1.165) is 27.7 Å². The molecule has 3 aromatic heterocycles. The van der Waals surface area contributed by atoms with Crippen LogP contribution in [0, 0.1) is 0 Å². The molecule has 0 spiro atoms. The maximum Gasteiger partial charge on any atom is 0.227 e. The Morgan fingerprint density at radius 3 is 2.69 bits per heavy atom. The van der Waals surface area contributed by atoms with Crippen molar-refractivity contribution in [1.29, 1.82) is 0 Å². The molecule has 0 saturated carbocycles. The molecule has 0 aliphatic carbocycles. The zero-order chi connectivity index (χ0) is 22.9. The summed E-state index contributed by atoms with van der Waals surface area (Å²) in [4.78, 5) is 21.6. The third-order valence-corrected chi connectivity index (χ3v) is 5.70. The first-order valence-electron chi connectivity index (χ1n) is 10.6. The van der Waals surface area contributed by atoms with Gasteiger partial charge in [0.2, 0.25) is 5.91 Å². The number of nitrogens with zero attached hydrogens (tertiary/aromatic N) is 4. The van der Waals surface area contributed by atoms with Gasteiger partial charge in [-0.25, -0.2) is 9.67 Å². The lowest BCUT2D eigenvalue weighted by Gasteiger charge is -2.15. The quantitative estimate of drug-likeness (QED) is 0.427. The summed E-state index contributed by atoms with van der Waals surface area (Å²) >= 11 is 6.10. The van der Waals surface area contributed by atoms with Gasteiger partial charge in [0.15, 0.2) is 5.82 Å². The number of hydrogen-bond acceptors (Lipinski definition) is 4. The molecule has 4 rings (SSSR count). The van der Waals surface area contributed by atoms with Crippen LogP contribution in [0.1, 0.15) is 50.6 Å². The van der Waals surface area contributed by atoms with Crippen molar-refractivity contribution in [3.63, 3.8) is 0 Å². The lowest BCUT2D eigenvalue weighted by atomic mass is 9.92. The minimum atomic E-state index is -0.316. The van der Waals surface area contributed by atoms with Crippen molar-refractivity contribution in [3.8, 4) is 5.82 Å². The van der Waals surface area contributed by atoms with Crippen LogP contribution in [-0.4, -0.2) is 25.7 Å². The number of carbonyl (C=O) groups excluding carboxylic acids is 1. The Morgan fingerprint density at radius 1 is 1.16 bits per heavy atom. The van der Waals surface area contributed by atoms with E-state index in [0.29, 0.717) is 17.5 Å². The SMILES string of the molecule is CC(C(=O)NCc1cc(C(C)(C)C)nn1-c1cccc(Cl)n1)c1cccc2cnccc12. The standard InChI is InChI=1S/C25H26ClN5O/c1-16(19-8-5-7-17-14-27-12-11-20(17)19)24(32)28-15-18-13-21(25(2,3)4)30-31(18)23-10-6-9-22(26)29-23/h5-14,16H,15H2,1-4H3,(H,28,32). The fourth-order valence-corrected chi connectivity index (χ4v) is 3.78. The topological polar surface area (TPSA) is 72.7 Å². The van der Waals surface area contributed by atoms with E-state index >= 15 is 0 Å². The molecule has 7 heteroatoms. The molecule has 0 saturated heterocycles. The fourth-order valence-electron chi connectivity index (χ4n) is 3.62. The smallest absolute Gasteiger partial charge is 0.227 e. The number of halogens is 1. The molecule has 164 valence electrons. The Hall–Kier alpha value is -3.25. The summed E-state index contributed by atoms with van der Waals surface area (Å²) in [5.74, 6) is 0.245. The van der Waals surface area contributed by atoms with Crippen LogP contribution in [0.25, 0.3) is 16.6 Å². The van der Waals surface area contributed by atoms with Crippen LogP contribution in [0.4, 0.5) is 0 Å². The van der Waals surface area contributed by atoms with Crippen molar-refractivity contribution in [2.45, 2.75) is 45.6 Å². The molecule has 0 fully saturated rings. The lowest BCUT2D eigenvalue weighted by Crippen LogP contribution is -2.28. The first-order chi connectivity index (χ1) is 15.2. The second-order valence-corrected chi connectivity index (χ2v) is 9.27. The number of aromatic nitrogens is 4. The highest BCUT2D eigenvalue weighted by Crippen LogP contribution is 2.26. The summed E-state index contributed by atoms with van der Waals surface area (Å²) in [6, 6.07) is 15.3. The number of fused-ring (bicyclic) bond motifs is 1. The predicted molar refractivity (Wildman–Crippen MR) is 127 cm³/mol. The highest BCUT2D eigenvalue weighted by Gasteiger charge is 2.22. The van der Waals surface area contributed by atoms with Gasteiger partial charge in [0.05, 0.1) is 23.9 Å². The van der Waals surface area contributed by atoms with Crippen molar-refractivity contribution < 1.29 is 4.79 Å². The minimum absolute atomic E-state index is 0.0570. The molecule has 0 aliphatic heterocycles. The molecule has 1 atom stereocenters. The van der Waals surface area contributed by atoms with Gasteiger partial charge in [-0.05, 0) is 42.1 Å². The van der Waals surface area contributed by atoms with Gasteiger partial charge in [0, 0.05) is 23.2 Å². The summed E-state index contributed by atoms with van der Waals surface area (Å²) in [6.45, 7) is 8.55. The van der Waals surface area contributed by atoms with Gasteiger partial charge in [0.25, 0.3) is 0 Å². The molecular formula is C25H26ClN5O. The van der Waals surface area contributed by atoms with Gasteiger partial charge in [-0.2, -0.15) is 5.10 Å². The van der Waals surface area contributed by atoms with Crippen LogP contribution in [-0.2, 0) is 16.8 Å². The molecule has 1 N–H and O–H groups in total. The monoisotopic (exact) mass is 447 g/mol. The highest BCUT2D eigenvalue weighted by molar-refractivity contribution is 6.29. The number of amides is 1. The number of pyridine rings is 2. The van der Waals surface area contributed by atoms with Crippen LogP contribution in [0.2, 0.25) is 5.15 Å². The van der Waals surface area contributed by atoms with Crippen LogP contribution in [0.15, 0.2) is 60.9 Å². The summed E-state index contributed by atoms with van der Waals surface area (Å²) in [5.41, 5.74) is 2.58. The molecule has 6 nitrogen and oxygen atoms in total. The zero-order valence-corrected chi connectivity index (χ0v) is 19.4. The maximum atomic E-state index is 13.1. The number of hydrogen-bond donors (Lipinski definition) is 1. The highest BCUT2D eigenvalue weighted by atomic mass is 35.5. The molecule has 1 unspecified atom stereocenters. The van der Waals surface area contributed by atoms with E-state index in [1.165, 1.54) is 0 Å². The molecule has 1 aromatic carbocycles. The molecule has 0 bridgehead atoms. The van der Waals surface area contributed by atoms with E-state index in [1.807, 2.05) is 55.6 Å². The fraction of sp³-hybridized carbons (Fsp3) is 0.280. The van der Waals surface area contributed by atoms with Crippen molar-refractivity contribution in [2.75, 3.05) is 0 Å². The first-order valence-corrected chi connectivity index (χ1v) is 10.9. The largest absolute Gasteiger partial charge is 0.350 e. The molecule has 3 heterocycles. The Kier molecular flexibility index (Phi) is 5.98. The Labute approximate surface area is 192 Å². The van der Waals surface area contributed by atoms with Crippen LogP contribution in [0.5, 0.6) is 0 Å².